The Morgan fingerprint density at radius 1 is 1.39 bits per heavy atom. The Hall–Kier alpha value is -0.330. The lowest BCUT2D eigenvalue weighted by Crippen LogP contribution is -2.73. The van der Waals surface area contributed by atoms with Gasteiger partial charge in [0.1, 0.15) is 0 Å². The summed E-state index contributed by atoms with van der Waals surface area (Å²) >= 11 is 0. The Balaban J connectivity index is 2.35. The van der Waals surface area contributed by atoms with Gasteiger partial charge in [-0.1, -0.05) is 13.8 Å². The predicted octanol–water partition coefficient (Wildman–Crippen LogP) is 2.06. The summed E-state index contributed by atoms with van der Waals surface area (Å²) in [6, 6.07) is 0. The van der Waals surface area contributed by atoms with E-state index >= 15 is 0 Å². The zero-order chi connectivity index (χ0) is 14.0. The molecule has 6 heteroatoms. The Bertz CT molecular complexity index is 281. The molecule has 0 spiro atoms. The van der Waals surface area contributed by atoms with Gasteiger partial charge in [0.15, 0.2) is 0 Å². The number of rotatable bonds is 6. The molecule has 0 radical (unpaired) electrons. The minimum Gasteiger partial charge on any atom is -0.378 e. The molecular weight excluding hydrogens is 245 g/mol. The van der Waals surface area contributed by atoms with Gasteiger partial charge in [-0.25, -0.2) is 0 Å². The summed E-state index contributed by atoms with van der Waals surface area (Å²) in [5.41, 5.74) is 5.53. The number of ether oxygens (including phenoxy) is 1. The van der Waals surface area contributed by atoms with E-state index in [1.54, 1.807) is 0 Å². The van der Waals surface area contributed by atoms with Crippen molar-refractivity contribution in [2.75, 3.05) is 19.7 Å². The molecule has 2 atom stereocenters. The Kier molecular flexibility index (Phi) is 4.67. The molecule has 3 nitrogen and oxygen atoms in total. The number of alkyl halides is 3. The second kappa shape index (κ2) is 5.35. The Morgan fingerprint density at radius 3 is 2.44 bits per heavy atom. The lowest BCUT2D eigenvalue weighted by atomic mass is 9.54. The minimum atomic E-state index is -4.11. The lowest BCUT2D eigenvalue weighted by Gasteiger charge is -2.59. The highest BCUT2D eigenvalue weighted by Gasteiger charge is 2.58. The molecule has 2 unspecified atom stereocenters. The molecular formula is C12H23F3N2O. The zero-order valence-electron chi connectivity index (χ0n) is 11.2. The molecule has 0 aromatic heterocycles. The normalized spacial score (nSPS) is 31.2. The van der Waals surface area contributed by atoms with Crippen LogP contribution >= 0.6 is 0 Å². The molecule has 1 aliphatic rings. The molecule has 0 saturated heterocycles. The van der Waals surface area contributed by atoms with Gasteiger partial charge in [-0.2, -0.15) is 13.2 Å². The van der Waals surface area contributed by atoms with E-state index in [2.05, 4.69) is 5.32 Å². The fourth-order valence-electron chi connectivity index (χ4n) is 2.35. The second-order valence-corrected chi connectivity index (χ2v) is 5.57. The minimum absolute atomic E-state index is 0.0855. The number of hydrogen-bond acceptors (Lipinski definition) is 3. The summed E-state index contributed by atoms with van der Waals surface area (Å²) in [6.45, 7) is 6.86. The third-order valence-electron chi connectivity index (χ3n) is 4.03. The van der Waals surface area contributed by atoms with E-state index in [-0.39, 0.29) is 18.1 Å². The number of hydrogen-bond donors (Lipinski definition) is 2. The first-order valence-electron chi connectivity index (χ1n) is 6.30. The highest BCUT2D eigenvalue weighted by atomic mass is 19.4. The number of nitrogens with two attached hydrogens (primary N) is 1. The van der Waals surface area contributed by atoms with Crippen LogP contribution in [0.4, 0.5) is 13.2 Å². The van der Waals surface area contributed by atoms with Crippen molar-refractivity contribution in [2.24, 2.45) is 11.1 Å². The molecule has 0 heterocycles. The molecule has 1 rings (SSSR count). The van der Waals surface area contributed by atoms with Crippen LogP contribution in [0, 0.1) is 5.41 Å². The fraction of sp³-hybridized carbons (Fsp3) is 1.00. The lowest BCUT2D eigenvalue weighted by molar-refractivity contribution is -0.150. The van der Waals surface area contributed by atoms with Gasteiger partial charge in [0.05, 0.1) is 12.5 Å². The predicted molar refractivity (Wildman–Crippen MR) is 64.3 cm³/mol. The molecule has 1 fully saturated rings. The van der Waals surface area contributed by atoms with Crippen molar-refractivity contribution in [3.63, 3.8) is 0 Å². The van der Waals surface area contributed by atoms with Crippen LogP contribution in [0.1, 0.15) is 33.6 Å². The van der Waals surface area contributed by atoms with E-state index in [9.17, 15) is 13.2 Å². The van der Waals surface area contributed by atoms with Crippen LogP contribution in [0.2, 0.25) is 0 Å². The van der Waals surface area contributed by atoms with Gasteiger partial charge in [0.25, 0.3) is 0 Å². The Morgan fingerprint density at radius 2 is 2.00 bits per heavy atom. The third-order valence-corrected chi connectivity index (χ3v) is 4.03. The first kappa shape index (κ1) is 15.7. The van der Waals surface area contributed by atoms with Gasteiger partial charge in [-0.3, -0.25) is 0 Å². The van der Waals surface area contributed by atoms with Gasteiger partial charge in [0, 0.05) is 30.7 Å². The smallest absolute Gasteiger partial charge is 0.378 e. The maximum absolute atomic E-state index is 12.0. The van der Waals surface area contributed by atoms with Crippen molar-refractivity contribution in [3.05, 3.63) is 0 Å². The molecule has 0 bridgehead atoms. The first-order valence-corrected chi connectivity index (χ1v) is 6.30. The van der Waals surface area contributed by atoms with Crippen molar-refractivity contribution < 1.29 is 17.9 Å². The monoisotopic (exact) mass is 268 g/mol. The average Bonchev–Trinajstić information content (AvgIpc) is 2.23. The topological polar surface area (TPSA) is 47.3 Å². The summed E-state index contributed by atoms with van der Waals surface area (Å²) in [7, 11) is 0. The van der Waals surface area contributed by atoms with Crippen LogP contribution in [0.3, 0.4) is 0 Å². The Labute approximate surface area is 106 Å². The highest BCUT2D eigenvalue weighted by Crippen LogP contribution is 2.49. The van der Waals surface area contributed by atoms with E-state index in [4.69, 9.17) is 10.5 Å². The number of halogens is 3. The van der Waals surface area contributed by atoms with Gasteiger partial charge >= 0.3 is 6.18 Å². The average molecular weight is 268 g/mol. The standard InChI is InChI=1S/C12H23F3N2O/c1-4-18-9-7-11(16,10(9,2)3)8-17-6-5-12(13,14)15/h9,17H,4-8,16H2,1-3H3. The summed E-state index contributed by atoms with van der Waals surface area (Å²) in [5, 5.41) is 2.80. The summed E-state index contributed by atoms with van der Waals surface area (Å²) in [5.74, 6) is 0. The maximum atomic E-state index is 12.0. The quantitative estimate of drug-likeness (QED) is 0.725. The van der Waals surface area contributed by atoms with E-state index in [1.807, 2.05) is 20.8 Å². The second-order valence-electron chi connectivity index (χ2n) is 5.57. The molecule has 0 aliphatic heterocycles. The van der Waals surface area contributed by atoms with Crippen LogP contribution in [0.15, 0.2) is 0 Å². The molecule has 1 aliphatic carbocycles. The first-order chi connectivity index (χ1) is 8.12. The van der Waals surface area contributed by atoms with E-state index in [1.165, 1.54) is 0 Å². The van der Waals surface area contributed by atoms with Crippen LogP contribution in [-0.4, -0.2) is 37.5 Å². The largest absolute Gasteiger partial charge is 0.390 e. The molecule has 0 aromatic carbocycles. The molecule has 108 valence electrons. The van der Waals surface area contributed by atoms with Crippen molar-refractivity contribution in [1.82, 2.24) is 5.32 Å². The third kappa shape index (κ3) is 3.36. The van der Waals surface area contributed by atoms with Gasteiger partial charge in [-0.15, -0.1) is 0 Å². The number of nitrogens with one attached hydrogen (secondary N) is 1. The SMILES string of the molecule is CCOC1CC(N)(CNCCC(F)(F)F)C1(C)C. The molecule has 3 N–H and O–H groups in total. The summed E-state index contributed by atoms with van der Waals surface area (Å²) in [4.78, 5) is 0. The van der Waals surface area contributed by atoms with E-state index < -0.39 is 18.1 Å². The summed E-state index contributed by atoms with van der Waals surface area (Å²) in [6.07, 6.45) is -4.15. The van der Waals surface area contributed by atoms with Crippen LogP contribution < -0.4 is 11.1 Å². The van der Waals surface area contributed by atoms with Crippen molar-refractivity contribution in [3.8, 4) is 0 Å². The maximum Gasteiger partial charge on any atom is 0.390 e. The molecule has 1 saturated carbocycles. The summed E-state index contributed by atoms with van der Waals surface area (Å²) < 4.78 is 41.5. The van der Waals surface area contributed by atoms with Crippen molar-refractivity contribution >= 4 is 0 Å². The van der Waals surface area contributed by atoms with E-state index in [0.29, 0.717) is 19.6 Å². The highest BCUT2D eigenvalue weighted by molar-refractivity contribution is 5.14. The van der Waals surface area contributed by atoms with Crippen LogP contribution in [0.25, 0.3) is 0 Å². The van der Waals surface area contributed by atoms with Crippen LogP contribution in [-0.2, 0) is 4.74 Å². The van der Waals surface area contributed by atoms with Gasteiger partial charge < -0.3 is 15.8 Å². The van der Waals surface area contributed by atoms with Crippen LogP contribution in [0.5, 0.6) is 0 Å². The van der Waals surface area contributed by atoms with Crippen molar-refractivity contribution in [2.45, 2.75) is 51.4 Å². The van der Waals surface area contributed by atoms with Gasteiger partial charge in [0.2, 0.25) is 0 Å². The zero-order valence-corrected chi connectivity index (χ0v) is 11.2. The molecule has 18 heavy (non-hydrogen) atoms. The molecule has 0 aromatic rings. The molecule has 0 amide bonds. The fourth-order valence-corrected chi connectivity index (χ4v) is 2.35. The van der Waals surface area contributed by atoms with Gasteiger partial charge in [-0.05, 0) is 13.3 Å². The van der Waals surface area contributed by atoms with Crippen molar-refractivity contribution in [1.29, 1.82) is 0 Å². The van der Waals surface area contributed by atoms with E-state index in [0.717, 1.165) is 0 Å².